The molecule has 4 aliphatic rings. The van der Waals surface area contributed by atoms with E-state index in [0.29, 0.717) is 51.7 Å². The molecule has 40 heavy (non-hydrogen) atoms. The summed E-state index contributed by atoms with van der Waals surface area (Å²) >= 11 is 0. The summed E-state index contributed by atoms with van der Waals surface area (Å²) in [5.41, 5.74) is 2.24. The second kappa shape index (κ2) is 10.6. The van der Waals surface area contributed by atoms with E-state index in [4.69, 9.17) is 9.47 Å². The van der Waals surface area contributed by atoms with Gasteiger partial charge < -0.3 is 24.4 Å². The molecule has 1 spiro atoms. The number of ether oxygens (including phenoxy) is 2. The summed E-state index contributed by atoms with van der Waals surface area (Å²) in [7, 11) is 5.55. The van der Waals surface area contributed by atoms with Crippen LogP contribution in [0.25, 0.3) is 0 Å². The fourth-order valence-electron chi connectivity index (χ4n) is 7.05. The average Bonchev–Trinajstić information content (AvgIpc) is 3.53. The van der Waals surface area contributed by atoms with Crippen LogP contribution in [0.5, 0.6) is 11.5 Å². The number of likely N-dealkylation sites (tertiary alicyclic amines) is 1. The number of phenols is 1. The molecule has 10 nitrogen and oxygen atoms in total. The lowest BCUT2D eigenvalue weighted by Crippen LogP contribution is -2.51. The van der Waals surface area contributed by atoms with Crippen LogP contribution in [0.4, 0.5) is 10.5 Å². The van der Waals surface area contributed by atoms with Gasteiger partial charge in [0.1, 0.15) is 5.54 Å². The Morgan fingerprint density at radius 3 is 2.48 bits per heavy atom. The number of phenolic OH excluding ortho intramolecular Hbond substituents is 1. The van der Waals surface area contributed by atoms with Crippen molar-refractivity contribution in [1.29, 1.82) is 0 Å². The van der Waals surface area contributed by atoms with Gasteiger partial charge in [-0.2, -0.15) is 0 Å². The molecule has 4 fully saturated rings. The van der Waals surface area contributed by atoms with Crippen LogP contribution in [0.3, 0.4) is 0 Å². The molecule has 10 heteroatoms. The van der Waals surface area contributed by atoms with Gasteiger partial charge in [0.05, 0.1) is 26.4 Å². The molecule has 0 bridgehead atoms. The number of anilines is 1. The highest BCUT2D eigenvalue weighted by Gasteiger charge is 2.70. The van der Waals surface area contributed by atoms with Crippen molar-refractivity contribution < 1.29 is 24.2 Å². The van der Waals surface area contributed by atoms with E-state index in [1.165, 1.54) is 12.0 Å². The summed E-state index contributed by atoms with van der Waals surface area (Å²) < 4.78 is 10.7. The van der Waals surface area contributed by atoms with Crippen LogP contribution in [0, 0.1) is 5.92 Å². The number of methoxy groups -OCH3 is 1. The monoisotopic (exact) mass is 549 g/mol. The molecule has 0 radical (unpaired) electrons. The number of hydrogen-bond acceptors (Lipinski definition) is 8. The summed E-state index contributed by atoms with van der Waals surface area (Å²) in [6.07, 6.45) is 0.750. The largest absolute Gasteiger partial charge is 0.504 e. The normalized spacial score (nSPS) is 26.9. The van der Waals surface area contributed by atoms with E-state index in [1.807, 2.05) is 25.1 Å². The van der Waals surface area contributed by atoms with Crippen molar-refractivity contribution in [3.05, 3.63) is 53.6 Å². The predicted octanol–water partition coefficient (Wildman–Crippen LogP) is 2.38. The second-order valence-corrected chi connectivity index (χ2v) is 11.6. The van der Waals surface area contributed by atoms with Crippen LogP contribution < -0.4 is 9.64 Å². The number of amides is 3. The number of imide groups is 1. The van der Waals surface area contributed by atoms with Gasteiger partial charge in [-0.25, -0.2) is 4.79 Å². The van der Waals surface area contributed by atoms with Crippen LogP contribution in [0.1, 0.15) is 23.6 Å². The fourth-order valence-corrected chi connectivity index (χ4v) is 7.05. The molecule has 2 aromatic rings. The van der Waals surface area contributed by atoms with Crippen LogP contribution in [-0.2, 0) is 16.1 Å². The minimum absolute atomic E-state index is 0.0303. The Balaban J connectivity index is 1.27. The van der Waals surface area contributed by atoms with Gasteiger partial charge in [-0.15, -0.1) is 0 Å². The molecule has 0 aromatic heterocycles. The van der Waals surface area contributed by atoms with Gasteiger partial charge in [-0.1, -0.05) is 18.2 Å². The Morgan fingerprint density at radius 1 is 1.05 bits per heavy atom. The Bertz CT molecular complexity index is 1260. The highest BCUT2D eigenvalue weighted by molar-refractivity contribution is 6.08. The molecule has 2 aromatic carbocycles. The number of morpholine rings is 1. The third-order valence-electron chi connectivity index (χ3n) is 9.11. The van der Waals surface area contributed by atoms with Crippen LogP contribution in [0.15, 0.2) is 42.5 Å². The summed E-state index contributed by atoms with van der Waals surface area (Å²) in [6, 6.07) is 13.5. The first-order valence-corrected chi connectivity index (χ1v) is 14.1. The summed E-state index contributed by atoms with van der Waals surface area (Å²) in [6.45, 7) is 5.83. The summed E-state index contributed by atoms with van der Waals surface area (Å²) in [4.78, 5) is 38.3. The molecule has 4 heterocycles. The molecular formula is C30H39N5O5. The van der Waals surface area contributed by atoms with Gasteiger partial charge in [0, 0.05) is 71.5 Å². The maximum atomic E-state index is 14.3. The number of hydrogen-bond donors (Lipinski definition) is 1. The lowest BCUT2D eigenvalue weighted by molar-refractivity contribution is -0.133. The van der Waals surface area contributed by atoms with E-state index in [1.54, 1.807) is 12.1 Å². The van der Waals surface area contributed by atoms with Gasteiger partial charge >= 0.3 is 6.03 Å². The lowest BCUT2D eigenvalue weighted by Gasteiger charge is -2.32. The first-order valence-electron chi connectivity index (χ1n) is 14.1. The summed E-state index contributed by atoms with van der Waals surface area (Å²) in [5, 5.41) is 10.3. The van der Waals surface area contributed by atoms with Gasteiger partial charge in [0.15, 0.2) is 11.5 Å². The fraction of sp³-hybridized carbons (Fsp3) is 0.533. The highest BCUT2D eigenvalue weighted by atomic mass is 16.5. The predicted molar refractivity (Wildman–Crippen MR) is 150 cm³/mol. The topological polar surface area (TPSA) is 89.0 Å². The van der Waals surface area contributed by atoms with E-state index < -0.39 is 5.54 Å². The van der Waals surface area contributed by atoms with Crippen molar-refractivity contribution >= 4 is 17.6 Å². The number of nitrogens with zero attached hydrogens (tertiary/aromatic N) is 5. The number of carbonyl (C=O) groups excluding carboxylic acids is 2. The van der Waals surface area contributed by atoms with Crippen LogP contribution in [-0.4, -0.2) is 116 Å². The van der Waals surface area contributed by atoms with Crippen molar-refractivity contribution in [1.82, 2.24) is 19.6 Å². The van der Waals surface area contributed by atoms with Gasteiger partial charge in [0.25, 0.3) is 5.91 Å². The molecule has 6 rings (SSSR count). The Labute approximate surface area is 235 Å². The van der Waals surface area contributed by atoms with E-state index in [-0.39, 0.29) is 29.6 Å². The van der Waals surface area contributed by atoms with Crippen molar-refractivity contribution in [2.45, 2.75) is 24.5 Å². The zero-order valence-corrected chi connectivity index (χ0v) is 23.6. The second-order valence-electron chi connectivity index (χ2n) is 11.6. The molecular weight excluding hydrogens is 510 g/mol. The average molecular weight is 550 g/mol. The third kappa shape index (κ3) is 4.48. The molecule has 4 saturated heterocycles. The van der Waals surface area contributed by atoms with Gasteiger partial charge in [-0.05, 0) is 41.8 Å². The maximum absolute atomic E-state index is 14.3. The van der Waals surface area contributed by atoms with Gasteiger partial charge in [-0.3, -0.25) is 19.5 Å². The maximum Gasteiger partial charge on any atom is 0.328 e. The van der Waals surface area contributed by atoms with Crippen molar-refractivity contribution in [2.75, 3.05) is 78.6 Å². The van der Waals surface area contributed by atoms with Gasteiger partial charge in [0.2, 0.25) is 0 Å². The molecule has 0 saturated carbocycles. The molecule has 3 unspecified atom stereocenters. The van der Waals surface area contributed by atoms with Crippen molar-refractivity contribution in [2.24, 2.45) is 5.92 Å². The van der Waals surface area contributed by atoms with E-state index >= 15 is 0 Å². The number of benzene rings is 2. The first-order chi connectivity index (χ1) is 19.3. The smallest absolute Gasteiger partial charge is 0.328 e. The quantitative estimate of drug-likeness (QED) is 0.503. The number of rotatable bonds is 8. The Hall–Kier alpha value is -3.34. The molecule has 4 aliphatic heterocycles. The molecule has 3 amide bonds. The van der Waals surface area contributed by atoms with E-state index in [9.17, 15) is 14.7 Å². The molecule has 1 N–H and O–H groups in total. The number of aromatic hydroxyl groups is 1. The Morgan fingerprint density at radius 2 is 1.80 bits per heavy atom. The number of carbonyl (C=O) groups is 2. The Kier molecular flexibility index (Phi) is 7.10. The first kappa shape index (κ1) is 26.9. The minimum Gasteiger partial charge on any atom is -0.504 e. The molecule has 0 aliphatic carbocycles. The van der Waals surface area contributed by atoms with Crippen molar-refractivity contribution in [3.8, 4) is 11.5 Å². The zero-order valence-electron chi connectivity index (χ0n) is 23.6. The number of urea groups is 1. The molecule has 3 atom stereocenters. The standard InChI is InChI=1S/C30H39N5O5/c1-31(2)24-7-5-22(6-8-24)25-17-23-19-33(18-21-4-9-27(39-3)26(36)16-21)20-30(23)28(37)34(29(38)35(25)30)11-10-32-12-14-40-15-13-32/h4-9,16,23,25,36H,10-15,17-20H2,1-3H3. The molecule has 214 valence electrons. The van der Waals surface area contributed by atoms with E-state index in [2.05, 4.69) is 39.0 Å². The zero-order chi connectivity index (χ0) is 28.0. The SMILES string of the molecule is COc1ccc(CN2CC3CC(c4ccc(N(C)C)cc4)N4C(=O)N(CCN5CCOCC5)C(=O)C34C2)cc1O. The van der Waals surface area contributed by atoms with Crippen LogP contribution >= 0.6 is 0 Å². The third-order valence-corrected chi connectivity index (χ3v) is 9.11. The minimum atomic E-state index is -0.874. The highest BCUT2D eigenvalue weighted by Crippen LogP contribution is 2.55. The lowest BCUT2D eigenvalue weighted by atomic mass is 9.87. The van der Waals surface area contributed by atoms with Crippen LogP contribution in [0.2, 0.25) is 0 Å². The van der Waals surface area contributed by atoms with E-state index in [0.717, 1.165) is 36.3 Å². The van der Waals surface area contributed by atoms with Crippen molar-refractivity contribution in [3.63, 3.8) is 0 Å². The summed E-state index contributed by atoms with van der Waals surface area (Å²) in [5.74, 6) is 0.496.